The first-order chi connectivity index (χ1) is 6.46. The third kappa shape index (κ3) is 2.39. The van der Waals surface area contributed by atoms with Gasteiger partial charge in [-0.3, -0.25) is 4.98 Å². The Hall–Kier alpha value is -0.740. The van der Waals surface area contributed by atoms with Gasteiger partial charge in [-0.1, -0.05) is 0 Å². The molecule has 0 N–H and O–H groups in total. The van der Waals surface area contributed by atoms with Crippen LogP contribution >= 0.6 is 27.7 Å². The summed E-state index contributed by atoms with van der Waals surface area (Å²) < 4.78 is 36.7. The maximum Gasteiger partial charge on any atom is 0.434 e. The van der Waals surface area contributed by atoms with Gasteiger partial charge in [0, 0.05) is 11.1 Å². The highest BCUT2D eigenvalue weighted by atomic mass is 79.9. The molecule has 2 nitrogen and oxygen atoms in total. The minimum atomic E-state index is -4.51. The van der Waals surface area contributed by atoms with E-state index in [1.807, 2.05) is 0 Å². The van der Waals surface area contributed by atoms with Gasteiger partial charge in [-0.25, -0.2) is 0 Å². The summed E-state index contributed by atoms with van der Waals surface area (Å²) in [5.74, 6) is 0. The van der Waals surface area contributed by atoms with Crippen molar-refractivity contribution in [1.29, 1.82) is 5.26 Å². The Kier molecular flexibility index (Phi) is 3.39. The Morgan fingerprint density at radius 3 is 2.64 bits per heavy atom. The van der Waals surface area contributed by atoms with Gasteiger partial charge in [0.05, 0.1) is 4.47 Å². The van der Waals surface area contributed by atoms with E-state index in [1.165, 1.54) is 6.07 Å². The lowest BCUT2D eigenvalue weighted by molar-refractivity contribution is -0.142. The van der Waals surface area contributed by atoms with Crippen LogP contribution in [0.1, 0.15) is 5.69 Å². The summed E-state index contributed by atoms with van der Waals surface area (Å²) in [5, 5.41) is 10.0. The van der Waals surface area contributed by atoms with Crippen LogP contribution in [-0.2, 0) is 6.18 Å². The van der Waals surface area contributed by atoms with Crippen LogP contribution < -0.4 is 0 Å². The molecule has 0 amide bonds. The molecule has 1 rings (SSSR count). The first kappa shape index (κ1) is 11.3. The molecule has 1 aromatic rings. The van der Waals surface area contributed by atoms with Crippen molar-refractivity contribution in [2.45, 2.75) is 11.1 Å². The predicted molar refractivity (Wildman–Crippen MR) is 48.4 cm³/mol. The van der Waals surface area contributed by atoms with Crippen molar-refractivity contribution in [2.24, 2.45) is 0 Å². The quantitative estimate of drug-likeness (QED) is 0.585. The van der Waals surface area contributed by atoms with Gasteiger partial charge in [-0.2, -0.15) is 18.4 Å². The van der Waals surface area contributed by atoms with E-state index in [0.717, 1.165) is 6.20 Å². The smallest absolute Gasteiger partial charge is 0.251 e. The van der Waals surface area contributed by atoms with Crippen LogP contribution in [-0.4, -0.2) is 4.98 Å². The highest BCUT2D eigenvalue weighted by molar-refractivity contribution is 9.10. The standard InChI is InChI=1S/C7H2BrF3N2S/c8-5-4(14-3-12)1-2-13-6(5)7(9,10)11/h1-2H. The number of thioether (sulfide) groups is 1. The number of hydrogen-bond acceptors (Lipinski definition) is 3. The van der Waals surface area contributed by atoms with E-state index in [2.05, 4.69) is 20.9 Å². The molecular weight excluding hydrogens is 281 g/mol. The molecule has 0 aliphatic rings. The third-order valence-corrected chi connectivity index (χ3v) is 2.99. The Balaban J connectivity index is 3.22. The molecule has 0 fully saturated rings. The van der Waals surface area contributed by atoms with E-state index in [9.17, 15) is 13.2 Å². The molecular formula is C7H2BrF3N2S. The number of hydrogen-bond donors (Lipinski definition) is 0. The molecule has 1 heterocycles. The first-order valence-corrected chi connectivity index (χ1v) is 4.85. The lowest BCUT2D eigenvalue weighted by Gasteiger charge is -2.08. The average molecular weight is 283 g/mol. The summed E-state index contributed by atoms with van der Waals surface area (Å²) in [7, 11) is 0. The zero-order valence-electron chi connectivity index (χ0n) is 6.47. The normalized spacial score (nSPS) is 11.1. The van der Waals surface area contributed by atoms with Gasteiger partial charge in [0.2, 0.25) is 0 Å². The van der Waals surface area contributed by atoms with E-state index in [0.29, 0.717) is 11.8 Å². The molecule has 0 aromatic carbocycles. The third-order valence-electron chi connectivity index (χ3n) is 1.28. The van der Waals surface area contributed by atoms with E-state index in [1.54, 1.807) is 5.40 Å². The lowest BCUT2D eigenvalue weighted by atomic mass is 10.3. The highest BCUT2D eigenvalue weighted by Gasteiger charge is 2.35. The number of aromatic nitrogens is 1. The van der Waals surface area contributed by atoms with Gasteiger partial charge in [-0.15, -0.1) is 0 Å². The first-order valence-electron chi connectivity index (χ1n) is 3.24. The van der Waals surface area contributed by atoms with Gasteiger partial charge in [0.25, 0.3) is 0 Å². The summed E-state index contributed by atoms with van der Waals surface area (Å²) in [4.78, 5) is 3.40. The van der Waals surface area contributed by atoms with Crippen LogP contribution in [0.25, 0.3) is 0 Å². The van der Waals surface area contributed by atoms with Crippen LogP contribution in [0.5, 0.6) is 0 Å². The van der Waals surface area contributed by atoms with E-state index < -0.39 is 11.9 Å². The summed E-state index contributed by atoms with van der Waals surface area (Å²) in [5.41, 5.74) is -1.02. The second-order valence-electron chi connectivity index (χ2n) is 2.16. The fraction of sp³-hybridized carbons (Fsp3) is 0.143. The summed E-state index contributed by atoms with van der Waals surface area (Å²) >= 11 is 3.41. The largest absolute Gasteiger partial charge is 0.434 e. The summed E-state index contributed by atoms with van der Waals surface area (Å²) in [6, 6.07) is 1.34. The van der Waals surface area contributed by atoms with E-state index in [4.69, 9.17) is 5.26 Å². The van der Waals surface area contributed by atoms with Crippen LogP contribution in [0.4, 0.5) is 13.2 Å². The van der Waals surface area contributed by atoms with Crippen molar-refractivity contribution >= 4 is 27.7 Å². The number of thiocyanates is 1. The number of nitriles is 1. The molecule has 14 heavy (non-hydrogen) atoms. The predicted octanol–water partition coefficient (Wildman–Crippen LogP) is 3.44. The van der Waals surface area contributed by atoms with Crippen molar-refractivity contribution < 1.29 is 13.2 Å². The second-order valence-corrected chi connectivity index (χ2v) is 3.78. The minimum absolute atomic E-state index is 0.195. The van der Waals surface area contributed by atoms with Crippen LogP contribution in [0.15, 0.2) is 21.6 Å². The van der Waals surface area contributed by atoms with Gasteiger partial charge < -0.3 is 0 Å². The molecule has 74 valence electrons. The average Bonchev–Trinajstić information content (AvgIpc) is 2.07. The van der Waals surface area contributed by atoms with E-state index in [-0.39, 0.29) is 9.37 Å². The van der Waals surface area contributed by atoms with Crippen LogP contribution in [0.3, 0.4) is 0 Å². The van der Waals surface area contributed by atoms with Crippen LogP contribution in [0, 0.1) is 10.7 Å². The molecule has 0 atom stereocenters. The Morgan fingerprint density at radius 2 is 2.14 bits per heavy atom. The van der Waals surface area contributed by atoms with Crippen molar-refractivity contribution in [3.63, 3.8) is 0 Å². The molecule has 0 radical (unpaired) electrons. The molecule has 0 unspecified atom stereocenters. The molecule has 0 aliphatic carbocycles. The molecule has 1 aromatic heterocycles. The SMILES string of the molecule is N#CSc1ccnc(C(F)(F)F)c1Br. The number of nitrogens with zero attached hydrogens (tertiary/aromatic N) is 2. The summed E-state index contributed by atoms with van der Waals surface area (Å²) in [6.45, 7) is 0. The second kappa shape index (κ2) is 4.19. The Bertz CT molecular complexity index is 386. The maximum atomic E-state index is 12.3. The van der Waals surface area contributed by atoms with Gasteiger partial charge in [0.1, 0.15) is 5.40 Å². The lowest BCUT2D eigenvalue weighted by Crippen LogP contribution is -2.09. The van der Waals surface area contributed by atoms with Crippen molar-refractivity contribution in [3.8, 4) is 5.40 Å². The molecule has 0 spiro atoms. The van der Waals surface area contributed by atoms with Gasteiger partial charge >= 0.3 is 6.18 Å². The van der Waals surface area contributed by atoms with Crippen molar-refractivity contribution in [1.82, 2.24) is 4.98 Å². The zero-order valence-corrected chi connectivity index (χ0v) is 8.87. The molecule has 0 aliphatic heterocycles. The van der Waals surface area contributed by atoms with Gasteiger partial charge in [0.15, 0.2) is 5.69 Å². The Labute approximate surface area is 90.3 Å². The van der Waals surface area contributed by atoms with Crippen molar-refractivity contribution in [2.75, 3.05) is 0 Å². The topological polar surface area (TPSA) is 36.7 Å². The number of halogens is 4. The molecule has 0 bridgehead atoms. The number of pyridine rings is 1. The summed E-state index contributed by atoms with van der Waals surface area (Å²) in [6.07, 6.45) is -3.49. The molecule has 0 saturated heterocycles. The zero-order chi connectivity index (χ0) is 10.8. The van der Waals surface area contributed by atoms with Crippen LogP contribution in [0.2, 0.25) is 0 Å². The Morgan fingerprint density at radius 1 is 1.50 bits per heavy atom. The fourth-order valence-corrected chi connectivity index (χ4v) is 1.87. The number of alkyl halides is 3. The van der Waals surface area contributed by atoms with Gasteiger partial charge in [-0.05, 0) is 33.8 Å². The highest BCUT2D eigenvalue weighted by Crippen LogP contribution is 2.37. The van der Waals surface area contributed by atoms with E-state index >= 15 is 0 Å². The fourth-order valence-electron chi connectivity index (χ4n) is 0.752. The maximum absolute atomic E-state index is 12.3. The van der Waals surface area contributed by atoms with Crippen molar-refractivity contribution in [3.05, 3.63) is 22.4 Å². The minimum Gasteiger partial charge on any atom is -0.251 e. The monoisotopic (exact) mass is 282 g/mol. The molecule has 0 saturated carbocycles. The molecule has 7 heteroatoms. The number of rotatable bonds is 1.